The Balaban J connectivity index is 2.68. The molecule has 0 radical (unpaired) electrons. The maximum atomic E-state index is 11.0. The number of aromatic nitrogens is 3. The fraction of sp³-hybridized carbons (Fsp3) is 0. The Labute approximate surface area is 124 Å². The average Bonchev–Trinajstić information content (AvgIpc) is 2.76. The van der Waals surface area contributed by atoms with Gasteiger partial charge < -0.3 is 16.3 Å². The highest BCUT2D eigenvalue weighted by molar-refractivity contribution is 5.65. The number of rotatable bonds is 5. The molecule has 120 valence electrons. The Morgan fingerprint density at radius 2 is 1.52 bits per heavy atom. The van der Waals surface area contributed by atoms with Crippen molar-refractivity contribution < 1.29 is 19.6 Å². The lowest BCUT2D eigenvalue weighted by Gasteiger charge is -2.06. The molecule has 15 nitrogen and oxygen atoms in total. The standard InChI is InChI=1S/C8H6N8O7/c9-7-11-8(10)13(12-7)23-6-4(15(19)20)1-3(14(17)18)2-5(6)16(21)22/h1-2H,(H4,9,10,11,12). The fourth-order valence-electron chi connectivity index (χ4n) is 1.53. The molecule has 0 amide bonds. The minimum Gasteiger partial charge on any atom is -0.366 e. The van der Waals surface area contributed by atoms with Gasteiger partial charge in [0.15, 0.2) is 0 Å². The highest BCUT2D eigenvalue weighted by Crippen LogP contribution is 2.40. The summed E-state index contributed by atoms with van der Waals surface area (Å²) < 4.78 is 0. The Morgan fingerprint density at radius 3 is 1.87 bits per heavy atom. The van der Waals surface area contributed by atoms with Gasteiger partial charge in [0.2, 0.25) is 5.95 Å². The van der Waals surface area contributed by atoms with Crippen molar-refractivity contribution >= 4 is 29.0 Å². The molecule has 0 aliphatic carbocycles. The lowest BCUT2D eigenvalue weighted by atomic mass is 10.2. The smallest absolute Gasteiger partial charge is 0.328 e. The lowest BCUT2D eigenvalue weighted by molar-refractivity contribution is -0.404. The van der Waals surface area contributed by atoms with Crippen LogP contribution in [0.5, 0.6) is 5.75 Å². The van der Waals surface area contributed by atoms with Crippen LogP contribution in [-0.2, 0) is 0 Å². The molecule has 0 unspecified atom stereocenters. The number of benzene rings is 1. The zero-order chi connectivity index (χ0) is 17.3. The van der Waals surface area contributed by atoms with Crippen LogP contribution < -0.4 is 16.3 Å². The maximum absolute atomic E-state index is 11.0. The van der Waals surface area contributed by atoms with E-state index in [-0.39, 0.29) is 5.95 Å². The number of nitro groups is 3. The predicted octanol–water partition coefficient (Wildman–Crippen LogP) is 0.00920. The molecule has 0 saturated heterocycles. The van der Waals surface area contributed by atoms with E-state index in [2.05, 4.69) is 10.1 Å². The van der Waals surface area contributed by atoms with E-state index in [4.69, 9.17) is 16.3 Å². The van der Waals surface area contributed by atoms with Gasteiger partial charge in [-0.05, 0) is 0 Å². The molecule has 1 aromatic heterocycles. The third kappa shape index (κ3) is 2.86. The summed E-state index contributed by atoms with van der Waals surface area (Å²) in [7, 11) is 0. The van der Waals surface area contributed by atoms with Crippen molar-refractivity contribution in [2.24, 2.45) is 0 Å². The molecule has 0 bridgehead atoms. The Kier molecular flexibility index (Phi) is 3.60. The van der Waals surface area contributed by atoms with E-state index in [1.54, 1.807) is 0 Å². The molecule has 0 aliphatic heterocycles. The van der Waals surface area contributed by atoms with Crippen molar-refractivity contribution in [3.8, 4) is 5.75 Å². The second-order valence-corrected chi connectivity index (χ2v) is 3.88. The molecule has 2 rings (SSSR count). The maximum Gasteiger partial charge on any atom is 0.328 e. The number of nitro benzene ring substituents is 3. The SMILES string of the molecule is Nc1nc(N)n(Oc2c([N+](=O)[O-])cc([N+](=O)[O-])cc2[N+](=O)[O-])n1. The zero-order valence-corrected chi connectivity index (χ0v) is 10.9. The zero-order valence-electron chi connectivity index (χ0n) is 10.9. The van der Waals surface area contributed by atoms with Crippen LogP contribution in [-0.4, -0.2) is 29.7 Å². The summed E-state index contributed by atoms with van der Waals surface area (Å²) in [5.74, 6) is -1.71. The minimum absolute atomic E-state index is 0.352. The van der Waals surface area contributed by atoms with Crippen LogP contribution in [0.3, 0.4) is 0 Å². The number of non-ortho nitro benzene ring substituents is 1. The lowest BCUT2D eigenvalue weighted by Crippen LogP contribution is -2.13. The van der Waals surface area contributed by atoms with Crippen molar-refractivity contribution in [2.75, 3.05) is 11.5 Å². The van der Waals surface area contributed by atoms with E-state index in [1.807, 2.05) is 0 Å². The van der Waals surface area contributed by atoms with Gasteiger partial charge in [-0.3, -0.25) is 30.3 Å². The number of hydrogen-bond acceptors (Lipinski definition) is 11. The topological polar surface area (TPSA) is 221 Å². The minimum atomic E-state index is -1.09. The normalized spacial score (nSPS) is 10.3. The summed E-state index contributed by atoms with van der Waals surface area (Å²) in [5, 5.41) is 36.2. The van der Waals surface area contributed by atoms with Crippen LogP contribution in [0.25, 0.3) is 0 Å². The molecular weight excluding hydrogens is 320 g/mol. The second-order valence-electron chi connectivity index (χ2n) is 3.88. The van der Waals surface area contributed by atoms with Crippen LogP contribution in [0.4, 0.5) is 29.0 Å². The van der Waals surface area contributed by atoms with Crippen LogP contribution in [0.1, 0.15) is 0 Å². The molecule has 0 saturated carbocycles. The van der Waals surface area contributed by atoms with Gasteiger partial charge in [0.05, 0.1) is 26.9 Å². The summed E-state index contributed by atoms with van der Waals surface area (Å²) in [5.41, 5.74) is 7.67. The van der Waals surface area contributed by atoms with Gasteiger partial charge in [-0.25, -0.2) is 0 Å². The molecule has 0 atom stereocenters. The van der Waals surface area contributed by atoms with Gasteiger partial charge in [0.25, 0.3) is 11.6 Å². The molecular formula is C8H6N8O7. The van der Waals surface area contributed by atoms with Crippen molar-refractivity contribution in [1.29, 1.82) is 0 Å². The second kappa shape index (κ2) is 5.39. The average molecular weight is 326 g/mol. The molecule has 15 heteroatoms. The number of anilines is 2. The van der Waals surface area contributed by atoms with Crippen LogP contribution in [0.2, 0.25) is 0 Å². The number of hydrogen-bond donors (Lipinski definition) is 2. The van der Waals surface area contributed by atoms with Crippen molar-refractivity contribution in [3.05, 3.63) is 42.5 Å². The highest BCUT2D eigenvalue weighted by Gasteiger charge is 2.33. The number of nitrogen functional groups attached to an aromatic ring is 2. The molecule has 0 aliphatic rings. The monoisotopic (exact) mass is 326 g/mol. The number of nitrogens with two attached hydrogens (primary N) is 2. The number of nitrogens with zero attached hydrogens (tertiary/aromatic N) is 6. The molecule has 1 heterocycles. The first-order valence-electron chi connectivity index (χ1n) is 5.48. The molecule has 4 N–H and O–H groups in total. The van der Waals surface area contributed by atoms with Crippen LogP contribution >= 0.6 is 0 Å². The van der Waals surface area contributed by atoms with Gasteiger partial charge in [0, 0.05) is 0 Å². The quantitative estimate of drug-likeness (QED) is 0.549. The summed E-state index contributed by atoms with van der Waals surface area (Å²) >= 11 is 0. The van der Waals surface area contributed by atoms with Gasteiger partial charge in [-0.15, -0.1) is 0 Å². The molecule has 0 fully saturated rings. The summed E-state index contributed by atoms with van der Waals surface area (Å²) in [4.78, 5) is 38.3. The Hall–Kier alpha value is -4.04. The summed E-state index contributed by atoms with van der Waals surface area (Å²) in [6, 6.07) is 0.998. The first kappa shape index (κ1) is 15.4. The largest absolute Gasteiger partial charge is 0.366 e. The molecule has 23 heavy (non-hydrogen) atoms. The van der Waals surface area contributed by atoms with Gasteiger partial charge in [0.1, 0.15) is 0 Å². The summed E-state index contributed by atoms with van der Waals surface area (Å²) in [6.07, 6.45) is 0. The third-order valence-electron chi connectivity index (χ3n) is 2.43. The van der Waals surface area contributed by atoms with E-state index < -0.39 is 43.5 Å². The fourth-order valence-corrected chi connectivity index (χ4v) is 1.53. The van der Waals surface area contributed by atoms with Crippen LogP contribution in [0.15, 0.2) is 12.1 Å². The van der Waals surface area contributed by atoms with Crippen molar-refractivity contribution in [3.63, 3.8) is 0 Å². The van der Waals surface area contributed by atoms with E-state index in [0.29, 0.717) is 17.0 Å². The Morgan fingerprint density at radius 1 is 1.00 bits per heavy atom. The van der Waals surface area contributed by atoms with Gasteiger partial charge in [-0.2, -0.15) is 4.98 Å². The molecule has 2 aromatic rings. The summed E-state index contributed by atoms with van der Waals surface area (Å²) in [6.45, 7) is 0. The van der Waals surface area contributed by atoms with Crippen molar-refractivity contribution in [2.45, 2.75) is 0 Å². The van der Waals surface area contributed by atoms with E-state index >= 15 is 0 Å². The first-order chi connectivity index (χ1) is 10.7. The molecule has 0 spiro atoms. The van der Waals surface area contributed by atoms with E-state index in [0.717, 1.165) is 0 Å². The highest BCUT2D eigenvalue weighted by atomic mass is 16.7. The van der Waals surface area contributed by atoms with Gasteiger partial charge >= 0.3 is 17.1 Å². The first-order valence-corrected chi connectivity index (χ1v) is 5.48. The van der Waals surface area contributed by atoms with Crippen LogP contribution in [0, 0.1) is 30.3 Å². The third-order valence-corrected chi connectivity index (χ3v) is 2.43. The van der Waals surface area contributed by atoms with Gasteiger partial charge in [-0.1, -0.05) is 9.94 Å². The van der Waals surface area contributed by atoms with Crippen molar-refractivity contribution in [1.82, 2.24) is 14.9 Å². The predicted molar refractivity (Wildman–Crippen MR) is 71.3 cm³/mol. The molecule has 1 aromatic carbocycles. The van der Waals surface area contributed by atoms with E-state index in [9.17, 15) is 30.3 Å². The Bertz CT molecular complexity index is 795. The van der Waals surface area contributed by atoms with E-state index in [1.165, 1.54) is 0 Å².